The van der Waals surface area contributed by atoms with E-state index in [1.165, 1.54) is 11.3 Å². The largest absolute Gasteiger partial charge is 0.263 e. The minimum atomic E-state index is -3.58. The fourth-order valence-corrected chi connectivity index (χ4v) is 3.55. The van der Waals surface area contributed by atoms with Gasteiger partial charge in [0, 0.05) is 0 Å². The molecule has 0 bridgehead atoms. The number of nitrogens with zero attached hydrogens (tertiary/aromatic N) is 2. The second kappa shape index (κ2) is 6.32. The van der Waals surface area contributed by atoms with Gasteiger partial charge in [-0.1, -0.05) is 36.8 Å². The van der Waals surface area contributed by atoms with Crippen molar-refractivity contribution < 1.29 is 8.42 Å². The summed E-state index contributed by atoms with van der Waals surface area (Å²) in [6.45, 7) is 3.91. The molecule has 1 heterocycles. The summed E-state index contributed by atoms with van der Waals surface area (Å²) in [5.41, 5.74) is 1.15. The molecule has 1 N–H and O–H groups in total. The maximum Gasteiger partial charge on any atom is 0.263 e. The molecule has 0 amide bonds. The standard InChI is InChI=1S/C13H17N3O2S2/c1-3-4-5-11-6-8-12(9-7-11)20(17,18)16-13-15-14-10(2)19-13/h6-9H,3-5H2,1-2H3,(H,15,16). The first-order chi connectivity index (χ1) is 9.51. The smallest absolute Gasteiger partial charge is 0.253 e. The van der Waals surface area contributed by atoms with Gasteiger partial charge in [0.1, 0.15) is 5.01 Å². The number of unbranched alkanes of at least 4 members (excludes halogenated alkanes) is 1. The summed E-state index contributed by atoms with van der Waals surface area (Å²) >= 11 is 1.21. The van der Waals surface area contributed by atoms with Crippen LogP contribution in [0.5, 0.6) is 0 Å². The lowest BCUT2D eigenvalue weighted by molar-refractivity contribution is 0.601. The van der Waals surface area contributed by atoms with Gasteiger partial charge in [-0.3, -0.25) is 4.72 Å². The molecule has 0 saturated carbocycles. The van der Waals surface area contributed by atoms with E-state index >= 15 is 0 Å². The first-order valence-electron chi connectivity index (χ1n) is 6.43. The molecule has 2 rings (SSSR count). The summed E-state index contributed by atoms with van der Waals surface area (Å²) in [6, 6.07) is 6.97. The molecule has 0 atom stereocenters. The number of benzene rings is 1. The Morgan fingerprint density at radius 2 is 1.90 bits per heavy atom. The summed E-state index contributed by atoms with van der Waals surface area (Å²) in [4.78, 5) is 0.241. The molecule has 0 spiro atoms. The number of anilines is 1. The third-order valence-electron chi connectivity index (χ3n) is 2.80. The Bertz CT molecular complexity index is 663. The van der Waals surface area contributed by atoms with Crippen LogP contribution in [-0.4, -0.2) is 18.6 Å². The van der Waals surface area contributed by atoms with E-state index in [4.69, 9.17) is 0 Å². The van der Waals surface area contributed by atoms with Crippen LogP contribution in [0.3, 0.4) is 0 Å². The number of nitrogens with one attached hydrogen (secondary N) is 1. The molecular formula is C13H17N3O2S2. The van der Waals surface area contributed by atoms with E-state index in [1.807, 2.05) is 12.1 Å². The number of hydrogen-bond acceptors (Lipinski definition) is 5. The maximum atomic E-state index is 12.2. The van der Waals surface area contributed by atoms with Crippen LogP contribution in [-0.2, 0) is 16.4 Å². The predicted molar refractivity (Wildman–Crippen MR) is 80.5 cm³/mol. The van der Waals surface area contributed by atoms with Gasteiger partial charge >= 0.3 is 0 Å². The molecule has 0 radical (unpaired) electrons. The number of aryl methyl sites for hydroxylation is 2. The van der Waals surface area contributed by atoms with E-state index in [-0.39, 0.29) is 10.0 Å². The van der Waals surface area contributed by atoms with Gasteiger partial charge in [0.15, 0.2) is 0 Å². The molecule has 0 unspecified atom stereocenters. The summed E-state index contributed by atoms with van der Waals surface area (Å²) in [6.07, 6.45) is 3.20. The molecule has 5 nitrogen and oxygen atoms in total. The zero-order valence-corrected chi connectivity index (χ0v) is 13.1. The Labute approximate surface area is 123 Å². The van der Waals surface area contributed by atoms with Gasteiger partial charge < -0.3 is 0 Å². The Morgan fingerprint density at radius 1 is 1.20 bits per heavy atom. The van der Waals surface area contributed by atoms with Gasteiger partial charge in [-0.05, 0) is 37.5 Å². The van der Waals surface area contributed by atoms with Crippen molar-refractivity contribution in [1.29, 1.82) is 0 Å². The van der Waals surface area contributed by atoms with Crippen molar-refractivity contribution in [3.05, 3.63) is 34.8 Å². The Morgan fingerprint density at radius 3 is 2.45 bits per heavy atom. The van der Waals surface area contributed by atoms with Crippen LogP contribution >= 0.6 is 11.3 Å². The number of sulfonamides is 1. The van der Waals surface area contributed by atoms with Crippen molar-refractivity contribution in [3.8, 4) is 0 Å². The first kappa shape index (κ1) is 14.9. The summed E-state index contributed by atoms with van der Waals surface area (Å²) in [5, 5.41) is 8.56. The quantitative estimate of drug-likeness (QED) is 0.890. The highest BCUT2D eigenvalue weighted by Crippen LogP contribution is 2.19. The second-order valence-electron chi connectivity index (χ2n) is 4.48. The van der Waals surface area contributed by atoms with Crippen LogP contribution in [0.15, 0.2) is 29.2 Å². The van der Waals surface area contributed by atoms with Gasteiger partial charge in [0.05, 0.1) is 4.90 Å². The van der Waals surface area contributed by atoms with Crippen LogP contribution in [0.1, 0.15) is 30.3 Å². The molecule has 20 heavy (non-hydrogen) atoms. The molecule has 0 fully saturated rings. The summed E-state index contributed by atoms with van der Waals surface area (Å²) < 4.78 is 26.8. The van der Waals surface area contributed by atoms with Crippen LogP contribution in [0.4, 0.5) is 5.13 Å². The third kappa shape index (κ3) is 3.77. The van der Waals surface area contributed by atoms with E-state index in [1.54, 1.807) is 19.1 Å². The van der Waals surface area contributed by atoms with Gasteiger partial charge in [0.25, 0.3) is 10.0 Å². The number of aromatic nitrogens is 2. The van der Waals surface area contributed by atoms with E-state index < -0.39 is 10.0 Å². The van der Waals surface area contributed by atoms with Gasteiger partial charge in [0.2, 0.25) is 5.13 Å². The lowest BCUT2D eigenvalue weighted by Gasteiger charge is -2.06. The van der Waals surface area contributed by atoms with E-state index in [9.17, 15) is 8.42 Å². The van der Waals surface area contributed by atoms with Gasteiger partial charge in [-0.15, -0.1) is 10.2 Å². The van der Waals surface area contributed by atoms with Gasteiger partial charge in [-0.2, -0.15) is 0 Å². The molecule has 0 aliphatic heterocycles. The Kier molecular flexibility index (Phi) is 4.72. The summed E-state index contributed by atoms with van der Waals surface area (Å²) in [7, 11) is -3.58. The molecule has 2 aromatic rings. The topological polar surface area (TPSA) is 72.0 Å². The zero-order valence-electron chi connectivity index (χ0n) is 11.5. The van der Waals surface area contributed by atoms with E-state index in [0.29, 0.717) is 0 Å². The van der Waals surface area contributed by atoms with Crippen molar-refractivity contribution in [2.75, 3.05) is 4.72 Å². The molecule has 7 heteroatoms. The third-order valence-corrected chi connectivity index (χ3v) is 5.04. The molecule has 108 valence electrons. The van der Waals surface area contributed by atoms with Crippen molar-refractivity contribution in [1.82, 2.24) is 10.2 Å². The molecular weight excluding hydrogens is 294 g/mol. The number of rotatable bonds is 6. The highest BCUT2D eigenvalue weighted by Gasteiger charge is 2.16. The normalized spacial score (nSPS) is 11.5. The summed E-state index contributed by atoms with van der Waals surface area (Å²) in [5.74, 6) is 0. The molecule has 0 aliphatic rings. The fourth-order valence-electron chi connectivity index (χ4n) is 1.73. The molecule has 0 aliphatic carbocycles. The van der Waals surface area contributed by atoms with E-state index in [0.717, 1.165) is 29.8 Å². The SMILES string of the molecule is CCCCc1ccc(S(=O)(=O)Nc2nnc(C)s2)cc1. The van der Waals surface area contributed by atoms with Crippen molar-refractivity contribution >= 4 is 26.5 Å². The average molecular weight is 311 g/mol. The van der Waals surface area contributed by atoms with Crippen LogP contribution in [0.2, 0.25) is 0 Å². The van der Waals surface area contributed by atoms with Gasteiger partial charge in [-0.25, -0.2) is 8.42 Å². The Hall–Kier alpha value is -1.47. The lowest BCUT2D eigenvalue weighted by Crippen LogP contribution is -2.12. The highest BCUT2D eigenvalue weighted by molar-refractivity contribution is 7.93. The second-order valence-corrected chi connectivity index (χ2v) is 7.34. The minimum absolute atomic E-state index is 0.241. The minimum Gasteiger partial charge on any atom is -0.253 e. The van der Waals surface area contributed by atoms with Crippen molar-refractivity contribution in [3.63, 3.8) is 0 Å². The molecule has 0 saturated heterocycles. The zero-order chi connectivity index (χ0) is 14.6. The van der Waals surface area contributed by atoms with Crippen molar-refractivity contribution in [2.45, 2.75) is 38.0 Å². The lowest BCUT2D eigenvalue weighted by atomic mass is 10.1. The fraction of sp³-hybridized carbons (Fsp3) is 0.385. The molecule has 1 aromatic carbocycles. The number of hydrogen-bond donors (Lipinski definition) is 1. The maximum absolute atomic E-state index is 12.2. The van der Waals surface area contributed by atoms with Crippen LogP contribution in [0.25, 0.3) is 0 Å². The van der Waals surface area contributed by atoms with Crippen LogP contribution in [0, 0.1) is 6.92 Å². The predicted octanol–water partition coefficient (Wildman–Crippen LogP) is 2.99. The monoisotopic (exact) mass is 311 g/mol. The van der Waals surface area contributed by atoms with E-state index in [2.05, 4.69) is 21.8 Å². The molecule has 1 aromatic heterocycles. The Balaban J connectivity index is 2.13. The highest BCUT2D eigenvalue weighted by atomic mass is 32.2. The van der Waals surface area contributed by atoms with Crippen molar-refractivity contribution in [2.24, 2.45) is 0 Å². The first-order valence-corrected chi connectivity index (χ1v) is 8.73. The average Bonchev–Trinajstić information content (AvgIpc) is 2.81. The van der Waals surface area contributed by atoms with Crippen LogP contribution < -0.4 is 4.72 Å².